The first-order chi connectivity index (χ1) is 9.98. The Bertz CT molecular complexity index is 886. The number of hydrogen-bond acceptors (Lipinski definition) is 5. The highest BCUT2D eigenvalue weighted by Gasteiger charge is 2.25. The van der Waals surface area contributed by atoms with E-state index in [1.54, 1.807) is 48.4 Å². The number of benzene rings is 1. The van der Waals surface area contributed by atoms with Crippen LogP contribution in [0.2, 0.25) is 0 Å². The predicted molar refractivity (Wildman–Crippen MR) is 76.6 cm³/mol. The predicted octanol–water partition coefficient (Wildman–Crippen LogP) is 1.60. The average Bonchev–Trinajstić information content (AvgIpc) is 3.04. The summed E-state index contributed by atoms with van der Waals surface area (Å²) in [7, 11) is 3.20. The normalized spacial score (nSPS) is 11.7. The number of hydrogen-bond donors (Lipinski definition) is 0. The molecule has 2 aromatic heterocycles. The second-order valence-corrected chi connectivity index (χ2v) is 6.76. The van der Waals surface area contributed by atoms with Crippen molar-refractivity contribution in [1.29, 1.82) is 0 Å². The number of halogens is 1. The third-order valence-corrected chi connectivity index (χ3v) is 4.03. The molecule has 21 heavy (non-hydrogen) atoms. The molecule has 0 saturated heterocycles. The molecule has 0 unspecified atom stereocenters. The molecule has 3 rings (SSSR count). The molecule has 9 heteroatoms. The molecule has 0 amide bonds. The summed E-state index contributed by atoms with van der Waals surface area (Å²) in [4.78, 5) is 4.00. The molecule has 3 aromatic rings. The van der Waals surface area contributed by atoms with Crippen LogP contribution in [0.25, 0.3) is 17.2 Å². The lowest BCUT2D eigenvalue weighted by atomic mass is 10.3. The van der Waals surface area contributed by atoms with Crippen molar-refractivity contribution in [2.75, 3.05) is 0 Å². The van der Waals surface area contributed by atoms with Crippen LogP contribution in [0.15, 0.2) is 48.0 Å². The van der Waals surface area contributed by atoms with E-state index in [1.807, 2.05) is 6.07 Å². The topological polar surface area (TPSA) is 82.7 Å². The summed E-state index contributed by atoms with van der Waals surface area (Å²) in [6.07, 6.45) is 3.17. The molecule has 0 radical (unpaired) electrons. The van der Waals surface area contributed by atoms with E-state index in [9.17, 15) is 8.42 Å². The van der Waals surface area contributed by atoms with E-state index in [0.29, 0.717) is 17.2 Å². The molecule has 108 valence electrons. The molecular weight excluding hydrogens is 314 g/mol. The van der Waals surface area contributed by atoms with Crippen LogP contribution in [0.1, 0.15) is 0 Å². The highest BCUT2D eigenvalue weighted by atomic mass is 35.7. The zero-order chi connectivity index (χ0) is 15.0. The van der Waals surface area contributed by atoms with Crippen LogP contribution in [0.4, 0.5) is 0 Å². The molecule has 2 heterocycles. The van der Waals surface area contributed by atoms with Crippen LogP contribution in [-0.2, 0) is 16.1 Å². The smallest absolute Gasteiger partial charge is 0.297 e. The lowest BCUT2D eigenvalue weighted by Gasteiger charge is -2.08. The summed E-state index contributed by atoms with van der Waals surface area (Å²) in [5.41, 5.74) is 1.22. The minimum atomic E-state index is -4.03. The minimum Gasteiger partial charge on any atom is -0.331 e. The van der Waals surface area contributed by atoms with Crippen LogP contribution in [-0.4, -0.2) is 32.7 Å². The summed E-state index contributed by atoms with van der Waals surface area (Å²) in [5, 5.41) is 7.34. The van der Waals surface area contributed by atoms with Crippen molar-refractivity contribution in [2.45, 2.75) is 5.16 Å². The van der Waals surface area contributed by atoms with E-state index in [4.69, 9.17) is 10.7 Å². The summed E-state index contributed by atoms with van der Waals surface area (Å²) in [6, 6.07) is 8.88. The van der Waals surface area contributed by atoms with Gasteiger partial charge in [-0.2, -0.15) is 0 Å². The Morgan fingerprint density at radius 3 is 2.43 bits per heavy atom. The van der Waals surface area contributed by atoms with E-state index in [2.05, 4.69) is 15.2 Å². The Labute approximate surface area is 125 Å². The third-order valence-electron chi connectivity index (χ3n) is 2.91. The van der Waals surface area contributed by atoms with Crippen molar-refractivity contribution >= 4 is 19.7 Å². The molecule has 0 aliphatic carbocycles. The molecule has 0 aliphatic heterocycles. The van der Waals surface area contributed by atoms with Crippen molar-refractivity contribution in [2.24, 2.45) is 7.05 Å². The van der Waals surface area contributed by atoms with Gasteiger partial charge in [0, 0.05) is 17.7 Å². The van der Waals surface area contributed by atoms with E-state index >= 15 is 0 Å². The summed E-state index contributed by atoms with van der Waals surface area (Å²) in [5.74, 6) is 0.348. The Balaban J connectivity index is 2.33. The molecular formula is C12H10ClN5O2S. The maximum absolute atomic E-state index is 11.7. The molecule has 0 spiro atoms. The van der Waals surface area contributed by atoms with Gasteiger partial charge in [0.1, 0.15) is 5.69 Å². The van der Waals surface area contributed by atoms with Gasteiger partial charge in [-0.05, 0) is 12.1 Å². The number of aromatic nitrogens is 5. The molecule has 0 saturated carbocycles. The van der Waals surface area contributed by atoms with Gasteiger partial charge in [-0.15, -0.1) is 10.2 Å². The molecule has 0 aliphatic rings. The van der Waals surface area contributed by atoms with Gasteiger partial charge in [-0.3, -0.25) is 4.57 Å². The first kappa shape index (κ1) is 13.8. The zero-order valence-corrected chi connectivity index (χ0v) is 12.5. The second kappa shape index (κ2) is 4.97. The maximum Gasteiger partial charge on any atom is 0.297 e. The number of nitrogens with zero attached hydrogens (tertiary/aromatic N) is 5. The minimum absolute atomic E-state index is 0.327. The van der Waals surface area contributed by atoms with Gasteiger partial charge in [0.15, 0.2) is 5.82 Å². The SMILES string of the molecule is Cn1cncc1-c1nnc(S(=O)(=O)Cl)n1-c1ccccc1. The third kappa shape index (κ3) is 2.43. The molecule has 1 aromatic carbocycles. The standard InChI is InChI=1S/C12H10ClN5O2S/c1-17-8-14-7-10(17)11-15-16-12(21(13,19)20)18(11)9-5-3-2-4-6-9/h2-8H,1H3. The molecule has 0 fully saturated rings. The van der Waals surface area contributed by atoms with Gasteiger partial charge in [-0.25, -0.2) is 13.4 Å². The molecule has 7 nitrogen and oxygen atoms in total. The van der Waals surface area contributed by atoms with Crippen LogP contribution in [0.5, 0.6) is 0 Å². The fourth-order valence-electron chi connectivity index (χ4n) is 1.98. The highest BCUT2D eigenvalue weighted by Crippen LogP contribution is 2.25. The number of para-hydroxylation sites is 1. The Morgan fingerprint density at radius 2 is 1.86 bits per heavy atom. The quantitative estimate of drug-likeness (QED) is 0.684. The van der Waals surface area contributed by atoms with Gasteiger partial charge in [0.2, 0.25) is 0 Å². The van der Waals surface area contributed by atoms with Crippen molar-refractivity contribution in [3.05, 3.63) is 42.9 Å². The first-order valence-electron chi connectivity index (χ1n) is 5.90. The van der Waals surface area contributed by atoms with Crippen LogP contribution < -0.4 is 0 Å². The molecule has 0 atom stereocenters. The van der Waals surface area contributed by atoms with Crippen molar-refractivity contribution in [3.8, 4) is 17.2 Å². The van der Waals surface area contributed by atoms with Gasteiger partial charge < -0.3 is 4.57 Å². The van der Waals surface area contributed by atoms with Gasteiger partial charge in [-0.1, -0.05) is 18.2 Å². The molecule has 0 bridgehead atoms. The Morgan fingerprint density at radius 1 is 1.14 bits per heavy atom. The summed E-state index contributed by atoms with van der Waals surface area (Å²) < 4.78 is 26.5. The Hall–Kier alpha value is -2.19. The van der Waals surface area contributed by atoms with E-state index < -0.39 is 9.05 Å². The van der Waals surface area contributed by atoms with Gasteiger partial charge in [0.25, 0.3) is 14.2 Å². The Kier molecular flexibility index (Phi) is 3.26. The monoisotopic (exact) mass is 323 g/mol. The van der Waals surface area contributed by atoms with E-state index in [1.165, 1.54) is 4.57 Å². The highest BCUT2D eigenvalue weighted by molar-refractivity contribution is 8.13. The lowest BCUT2D eigenvalue weighted by molar-refractivity contribution is 0.597. The van der Waals surface area contributed by atoms with E-state index in [-0.39, 0.29) is 5.16 Å². The van der Waals surface area contributed by atoms with Crippen LogP contribution >= 0.6 is 10.7 Å². The second-order valence-electron chi connectivity index (χ2n) is 4.30. The number of aryl methyl sites for hydroxylation is 1. The summed E-state index contributed by atoms with van der Waals surface area (Å²) >= 11 is 0. The van der Waals surface area contributed by atoms with Crippen LogP contribution in [0.3, 0.4) is 0 Å². The van der Waals surface area contributed by atoms with Crippen LogP contribution in [0, 0.1) is 0 Å². The fraction of sp³-hybridized carbons (Fsp3) is 0.0833. The number of rotatable bonds is 3. The van der Waals surface area contributed by atoms with Crippen molar-refractivity contribution in [3.63, 3.8) is 0 Å². The summed E-state index contributed by atoms with van der Waals surface area (Å²) in [6.45, 7) is 0. The first-order valence-corrected chi connectivity index (χ1v) is 8.21. The fourth-order valence-corrected chi connectivity index (χ4v) is 2.82. The van der Waals surface area contributed by atoms with E-state index in [0.717, 1.165) is 0 Å². The zero-order valence-electron chi connectivity index (χ0n) is 10.9. The van der Waals surface area contributed by atoms with Crippen molar-refractivity contribution < 1.29 is 8.42 Å². The average molecular weight is 324 g/mol. The number of imidazole rings is 1. The lowest BCUT2D eigenvalue weighted by Crippen LogP contribution is -2.06. The van der Waals surface area contributed by atoms with Crippen molar-refractivity contribution in [1.82, 2.24) is 24.3 Å². The largest absolute Gasteiger partial charge is 0.331 e. The maximum atomic E-state index is 11.7. The van der Waals surface area contributed by atoms with Gasteiger partial charge in [0.05, 0.1) is 18.2 Å². The van der Waals surface area contributed by atoms with Gasteiger partial charge >= 0.3 is 0 Å². The molecule has 0 N–H and O–H groups in total.